The van der Waals surface area contributed by atoms with Crippen molar-refractivity contribution in [3.05, 3.63) is 24.8 Å². The summed E-state index contributed by atoms with van der Waals surface area (Å²) in [6.45, 7) is 0.581. The molecule has 260 valence electrons. The molecule has 0 aliphatic heterocycles. The summed E-state index contributed by atoms with van der Waals surface area (Å²) in [5.74, 6) is -2.27. The standard InChI is InChI=1S/C23H34N5O10P.C4H4O4/c1-16(10-28-12-27-19-20(24)25-11-26-21(19)28)34-15-39(31,35-13-32-22(29)37-17-6-2-3-7-17)36-14-33-23(30)38-18-8-4-5-9-18;5-3(6)1-2-4(7)8/h11-12,16-18H,2-10,13-15H2,1H3,(H2,24,25,26);1-2H,(H,5,6)(H,7,8)/b;2-1+/t16-;/m1./s1. The van der Waals surface area contributed by atoms with Gasteiger partial charge in [-0.05, 0) is 58.3 Å². The first-order valence-corrected chi connectivity index (χ1v) is 16.4. The van der Waals surface area contributed by atoms with Gasteiger partial charge in [0.05, 0.1) is 19.0 Å². The molecule has 20 heteroatoms. The smallest absolute Gasteiger partial charge is 0.478 e. The van der Waals surface area contributed by atoms with Crippen LogP contribution in [0.5, 0.6) is 0 Å². The maximum absolute atomic E-state index is 13.3. The van der Waals surface area contributed by atoms with Crippen molar-refractivity contribution in [1.29, 1.82) is 0 Å². The van der Waals surface area contributed by atoms with Crippen LogP contribution in [-0.4, -0.2) is 92.2 Å². The number of hydrogen-bond acceptors (Lipinski definition) is 16. The van der Waals surface area contributed by atoms with Gasteiger partial charge in [0.15, 0.2) is 11.5 Å². The Morgan fingerprint density at radius 2 is 1.43 bits per heavy atom. The number of carbonyl (C=O) groups is 4. The highest BCUT2D eigenvalue weighted by Gasteiger charge is 2.30. The fraction of sp³-hybridized carbons (Fsp3) is 0.593. The number of carboxylic acid groups (broad SMARTS) is 2. The summed E-state index contributed by atoms with van der Waals surface area (Å²) in [5.41, 5.74) is 6.79. The monoisotopic (exact) mass is 687 g/mol. The van der Waals surface area contributed by atoms with Crippen molar-refractivity contribution in [3.8, 4) is 0 Å². The fourth-order valence-corrected chi connectivity index (χ4v) is 5.58. The summed E-state index contributed by atoms with van der Waals surface area (Å²) < 4.78 is 51.4. The van der Waals surface area contributed by atoms with Gasteiger partial charge in [0.2, 0.25) is 13.6 Å². The summed E-state index contributed by atoms with van der Waals surface area (Å²) in [5, 5.41) is 15.6. The maximum Gasteiger partial charge on any atom is 0.510 e. The maximum atomic E-state index is 13.3. The first kappa shape index (κ1) is 37.1. The van der Waals surface area contributed by atoms with E-state index >= 15 is 0 Å². The third-order valence-corrected chi connectivity index (χ3v) is 8.21. The Kier molecular flexibility index (Phi) is 14.8. The molecule has 2 aromatic heterocycles. The number of nitrogens with zero attached hydrogens (tertiary/aromatic N) is 4. The van der Waals surface area contributed by atoms with Gasteiger partial charge in [0.25, 0.3) is 0 Å². The van der Waals surface area contributed by atoms with Gasteiger partial charge in [0, 0.05) is 12.2 Å². The summed E-state index contributed by atoms with van der Waals surface area (Å²) in [6.07, 6.45) is 7.63. The number of carboxylic acids is 2. The molecule has 0 amide bonds. The number of carbonyl (C=O) groups excluding carboxylic acids is 2. The van der Waals surface area contributed by atoms with Crippen molar-refractivity contribution < 1.29 is 66.7 Å². The highest BCUT2D eigenvalue weighted by molar-refractivity contribution is 7.53. The van der Waals surface area contributed by atoms with E-state index in [4.69, 9.17) is 48.7 Å². The second-order valence-electron chi connectivity index (χ2n) is 10.4. The van der Waals surface area contributed by atoms with Crippen LogP contribution >= 0.6 is 7.60 Å². The number of nitrogens with two attached hydrogens (primary N) is 1. The molecule has 19 nitrogen and oxygen atoms in total. The van der Waals surface area contributed by atoms with Gasteiger partial charge in [-0.25, -0.2) is 34.1 Å². The van der Waals surface area contributed by atoms with Crippen LogP contribution < -0.4 is 5.73 Å². The zero-order chi connectivity index (χ0) is 34.2. The summed E-state index contributed by atoms with van der Waals surface area (Å²) >= 11 is 0. The lowest BCUT2D eigenvalue weighted by atomic mass is 10.3. The number of aromatic nitrogens is 4. The van der Waals surface area contributed by atoms with Crippen molar-refractivity contribution in [1.82, 2.24) is 19.5 Å². The molecule has 2 heterocycles. The highest BCUT2D eigenvalue weighted by Crippen LogP contribution is 2.48. The molecule has 2 saturated carbocycles. The molecule has 0 radical (unpaired) electrons. The Morgan fingerprint density at radius 3 is 1.91 bits per heavy atom. The average molecular weight is 688 g/mol. The molecule has 47 heavy (non-hydrogen) atoms. The lowest BCUT2D eigenvalue weighted by Crippen LogP contribution is -2.21. The molecule has 2 aliphatic carbocycles. The number of fused-ring (bicyclic) bond motifs is 1. The van der Waals surface area contributed by atoms with E-state index < -0.39 is 57.9 Å². The van der Waals surface area contributed by atoms with Gasteiger partial charge in [-0.3, -0.25) is 13.6 Å². The van der Waals surface area contributed by atoms with Gasteiger partial charge in [-0.2, -0.15) is 0 Å². The van der Waals surface area contributed by atoms with Crippen LogP contribution in [0.15, 0.2) is 24.8 Å². The van der Waals surface area contributed by atoms with E-state index in [9.17, 15) is 23.7 Å². The molecule has 4 rings (SSSR count). The first-order valence-electron chi connectivity index (χ1n) is 14.7. The molecular weight excluding hydrogens is 649 g/mol. The Hall–Kier alpha value is -4.32. The van der Waals surface area contributed by atoms with E-state index in [0.29, 0.717) is 23.3 Å². The highest BCUT2D eigenvalue weighted by atomic mass is 31.2. The number of imidazole rings is 1. The van der Waals surface area contributed by atoms with Gasteiger partial charge in [-0.15, -0.1) is 0 Å². The van der Waals surface area contributed by atoms with Crippen LogP contribution in [0.2, 0.25) is 0 Å². The van der Waals surface area contributed by atoms with Crippen LogP contribution in [0.25, 0.3) is 11.2 Å². The van der Waals surface area contributed by atoms with Crippen molar-refractivity contribution in [2.45, 2.75) is 83.1 Å². The average Bonchev–Trinajstić information content (AvgIpc) is 3.80. The Balaban J connectivity index is 0.000000665. The Labute approximate surface area is 268 Å². The largest absolute Gasteiger partial charge is 0.510 e. The molecule has 0 saturated heterocycles. The van der Waals surface area contributed by atoms with E-state index in [1.165, 1.54) is 12.7 Å². The van der Waals surface area contributed by atoms with E-state index in [-0.39, 0.29) is 24.6 Å². The molecule has 4 N–H and O–H groups in total. The number of nitrogen functional groups attached to an aromatic ring is 1. The molecule has 0 bridgehead atoms. The van der Waals surface area contributed by atoms with E-state index in [2.05, 4.69) is 15.0 Å². The summed E-state index contributed by atoms with van der Waals surface area (Å²) in [6, 6.07) is 0. The predicted molar refractivity (Wildman–Crippen MR) is 159 cm³/mol. The summed E-state index contributed by atoms with van der Waals surface area (Å²) in [4.78, 5) is 55.2. The minimum absolute atomic E-state index is 0.205. The van der Waals surface area contributed by atoms with Crippen molar-refractivity contribution in [2.75, 3.05) is 25.7 Å². The van der Waals surface area contributed by atoms with Gasteiger partial charge in [-0.1, -0.05) is 0 Å². The Morgan fingerprint density at radius 1 is 0.915 bits per heavy atom. The first-order chi connectivity index (χ1) is 22.4. The van der Waals surface area contributed by atoms with Crippen molar-refractivity contribution >= 4 is 48.8 Å². The molecule has 0 aromatic carbocycles. The van der Waals surface area contributed by atoms with Crippen molar-refractivity contribution in [2.24, 2.45) is 0 Å². The Bertz CT molecular complexity index is 1370. The summed E-state index contributed by atoms with van der Waals surface area (Å²) in [7, 11) is -4.06. The third kappa shape index (κ3) is 13.5. The zero-order valence-electron chi connectivity index (χ0n) is 25.6. The second kappa shape index (κ2) is 18.7. The van der Waals surface area contributed by atoms with Gasteiger partial charge >= 0.3 is 31.8 Å². The normalized spacial score (nSPS) is 16.0. The molecule has 0 unspecified atom stereocenters. The van der Waals surface area contributed by atoms with Gasteiger partial charge in [0.1, 0.15) is 30.4 Å². The molecule has 2 aliphatic rings. The number of ether oxygens (including phenoxy) is 5. The lowest BCUT2D eigenvalue weighted by Gasteiger charge is -2.21. The molecule has 1 atom stereocenters. The predicted octanol–water partition coefficient (Wildman–Crippen LogP) is 3.82. The minimum Gasteiger partial charge on any atom is -0.478 e. The fourth-order valence-electron chi connectivity index (χ4n) is 4.50. The quantitative estimate of drug-likeness (QED) is 0.104. The SMILES string of the molecule is C[C@H](Cn1cnc2c(N)ncnc21)OCP(=O)(OCOC(=O)OC1CCCC1)OCOC(=O)OC1CCCC1.O=C(O)/C=C/C(=O)O. The number of rotatable bonds is 15. The van der Waals surface area contributed by atoms with E-state index in [1.807, 2.05) is 0 Å². The number of hydrogen-bond donors (Lipinski definition) is 3. The molecule has 2 aromatic rings. The van der Waals surface area contributed by atoms with Crippen LogP contribution in [0.4, 0.5) is 15.4 Å². The van der Waals surface area contributed by atoms with Crippen LogP contribution in [-0.2, 0) is 53.4 Å². The molecule has 2 fully saturated rings. The number of aliphatic carboxylic acids is 2. The van der Waals surface area contributed by atoms with E-state index in [1.54, 1.807) is 11.5 Å². The number of anilines is 1. The minimum atomic E-state index is -4.06. The van der Waals surface area contributed by atoms with Crippen molar-refractivity contribution in [3.63, 3.8) is 0 Å². The molecule has 0 spiro atoms. The van der Waals surface area contributed by atoms with Crippen LogP contribution in [0.3, 0.4) is 0 Å². The van der Waals surface area contributed by atoms with Gasteiger partial charge < -0.3 is 44.2 Å². The van der Waals surface area contributed by atoms with Crippen LogP contribution in [0.1, 0.15) is 58.3 Å². The lowest BCUT2D eigenvalue weighted by molar-refractivity contribution is -0.134. The van der Waals surface area contributed by atoms with E-state index in [0.717, 1.165) is 51.4 Å². The molecular formula is C27H38N5O14P. The third-order valence-electron chi connectivity index (χ3n) is 6.75. The second-order valence-corrected chi connectivity index (χ2v) is 12.4. The topological polar surface area (TPSA) is 260 Å². The van der Waals surface area contributed by atoms with Crippen LogP contribution in [0, 0.1) is 0 Å². The zero-order valence-corrected chi connectivity index (χ0v) is 26.5.